The van der Waals surface area contributed by atoms with Crippen LogP contribution in [0.1, 0.15) is 0 Å². The zero-order chi connectivity index (χ0) is 13.2. The monoisotopic (exact) mass is 256 g/mol. The number of benzene rings is 1. The zero-order valence-electron chi connectivity index (χ0n) is 10.2. The molecule has 0 fully saturated rings. The highest BCUT2D eigenvalue weighted by molar-refractivity contribution is 5.70. The Morgan fingerprint density at radius 3 is 2.74 bits per heavy atom. The van der Waals surface area contributed by atoms with Crippen LogP contribution in [0.15, 0.2) is 36.7 Å². The fourth-order valence-corrected chi connectivity index (χ4v) is 1.74. The second kappa shape index (κ2) is 4.45. The van der Waals surface area contributed by atoms with Gasteiger partial charge in [-0.15, -0.1) is 10.2 Å². The van der Waals surface area contributed by atoms with Crippen molar-refractivity contribution < 1.29 is 4.74 Å². The second-order valence-corrected chi connectivity index (χ2v) is 3.88. The molecule has 96 valence electrons. The fraction of sp³-hybridized carbons (Fsp3) is 0.0833. The molecule has 2 aromatic heterocycles. The van der Waals surface area contributed by atoms with Crippen molar-refractivity contribution in [3.8, 4) is 5.75 Å². The van der Waals surface area contributed by atoms with Gasteiger partial charge in [0.2, 0.25) is 11.6 Å². The van der Waals surface area contributed by atoms with Gasteiger partial charge in [0, 0.05) is 18.1 Å². The van der Waals surface area contributed by atoms with E-state index >= 15 is 0 Å². The zero-order valence-corrected chi connectivity index (χ0v) is 10.2. The van der Waals surface area contributed by atoms with Crippen molar-refractivity contribution in [2.45, 2.75) is 0 Å². The largest absolute Gasteiger partial charge is 0.497 e. The Balaban J connectivity index is 1.96. The van der Waals surface area contributed by atoms with Crippen LogP contribution in [0.25, 0.3) is 5.65 Å². The summed E-state index contributed by atoms with van der Waals surface area (Å²) in [4.78, 5) is 4.24. The summed E-state index contributed by atoms with van der Waals surface area (Å²) in [6.07, 6.45) is 3.35. The van der Waals surface area contributed by atoms with Crippen molar-refractivity contribution in [1.82, 2.24) is 19.6 Å². The van der Waals surface area contributed by atoms with Gasteiger partial charge in [-0.1, -0.05) is 0 Å². The van der Waals surface area contributed by atoms with Crippen LogP contribution in [0.2, 0.25) is 0 Å². The standard InChI is InChI=1S/C12H12N6O/c1-19-9-4-2-8(3-5-9)15-10-11-16-17-12(13)18(11)7-6-14-10/h2-7H,1H3,(H2,13,17)(H,14,15). The van der Waals surface area contributed by atoms with Crippen molar-refractivity contribution in [2.24, 2.45) is 0 Å². The molecule has 0 amide bonds. The van der Waals surface area contributed by atoms with E-state index in [1.807, 2.05) is 24.3 Å². The number of ether oxygens (including phenoxy) is 1. The lowest BCUT2D eigenvalue weighted by Crippen LogP contribution is -1.99. The van der Waals surface area contributed by atoms with Crippen LogP contribution in [-0.2, 0) is 0 Å². The Morgan fingerprint density at radius 1 is 1.21 bits per heavy atom. The highest BCUT2D eigenvalue weighted by Crippen LogP contribution is 2.21. The van der Waals surface area contributed by atoms with E-state index in [2.05, 4.69) is 20.5 Å². The lowest BCUT2D eigenvalue weighted by atomic mass is 10.3. The number of hydrogen-bond donors (Lipinski definition) is 2. The summed E-state index contributed by atoms with van der Waals surface area (Å²) < 4.78 is 6.77. The van der Waals surface area contributed by atoms with Crippen molar-refractivity contribution in [3.05, 3.63) is 36.7 Å². The van der Waals surface area contributed by atoms with Gasteiger partial charge in [0.1, 0.15) is 5.75 Å². The number of nitrogen functional groups attached to an aromatic ring is 1. The van der Waals surface area contributed by atoms with Gasteiger partial charge in [0.25, 0.3) is 0 Å². The van der Waals surface area contributed by atoms with Crippen molar-refractivity contribution in [3.63, 3.8) is 0 Å². The lowest BCUT2D eigenvalue weighted by molar-refractivity contribution is 0.415. The molecule has 3 aromatic rings. The molecule has 2 heterocycles. The minimum atomic E-state index is 0.329. The van der Waals surface area contributed by atoms with E-state index in [1.54, 1.807) is 23.9 Å². The third-order valence-electron chi connectivity index (χ3n) is 2.71. The van der Waals surface area contributed by atoms with Crippen molar-refractivity contribution in [1.29, 1.82) is 0 Å². The van der Waals surface area contributed by atoms with E-state index in [-0.39, 0.29) is 0 Å². The van der Waals surface area contributed by atoms with Crippen LogP contribution in [0.4, 0.5) is 17.5 Å². The molecule has 7 heteroatoms. The molecule has 3 rings (SSSR count). The summed E-state index contributed by atoms with van der Waals surface area (Å²) in [6.45, 7) is 0. The molecule has 0 radical (unpaired) electrons. The topological polar surface area (TPSA) is 90.4 Å². The fourth-order valence-electron chi connectivity index (χ4n) is 1.74. The summed E-state index contributed by atoms with van der Waals surface area (Å²) in [5.41, 5.74) is 7.15. The maximum atomic E-state index is 5.69. The van der Waals surface area contributed by atoms with Gasteiger partial charge >= 0.3 is 0 Å². The maximum Gasteiger partial charge on any atom is 0.226 e. The molecule has 0 unspecified atom stereocenters. The first-order valence-corrected chi connectivity index (χ1v) is 5.64. The number of nitrogens with zero attached hydrogens (tertiary/aromatic N) is 4. The molecule has 0 aliphatic heterocycles. The van der Waals surface area contributed by atoms with Gasteiger partial charge in [-0.3, -0.25) is 4.40 Å². The smallest absolute Gasteiger partial charge is 0.226 e. The summed E-state index contributed by atoms with van der Waals surface area (Å²) in [5, 5.41) is 11.0. The molecule has 0 aliphatic rings. The minimum Gasteiger partial charge on any atom is -0.497 e. The number of aromatic nitrogens is 4. The Bertz CT molecular complexity index is 706. The number of methoxy groups -OCH3 is 1. The van der Waals surface area contributed by atoms with Gasteiger partial charge in [-0.2, -0.15) is 0 Å². The molecule has 0 saturated heterocycles. The van der Waals surface area contributed by atoms with Crippen molar-refractivity contribution >= 4 is 23.1 Å². The Morgan fingerprint density at radius 2 is 2.00 bits per heavy atom. The van der Waals surface area contributed by atoms with E-state index in [0.29, 0.717) is 17.4 Å². The first-order valence-electron chi connectivity index (χ1n) is 5.64. The predicted octanol–water partition coefficient (Wildman–Crippen LogP) is 1.46. The van der Waals surface area contributed by atoms with E-state index in [0.717, 1.165) is 11.4 Å². The summed E-state index contributed by atoms with van der Waals surface area (Å²) in [7, 11) is 1.63. The average Bonchev–Trinajstić information content (AvgIpc) is 2.83. The van der Waals surface area contributed by atoms with Crippen LogP contribution < -0.4 is 15.8 Å². The number of rotatable bonds is 3. The van der Waals surface area contributed by atoms with Gasteiger partial charge < -0.3 is 15.8 Å². The Kier molecular flexibility index (Phi) is 2.64. The molecule has 3 N–H and O–H groups in total. The predicted molar refractivity (Wildman–Crippen MR) is 71.5 cm³/mol. The van der Waals surface area contributed by atoms with Gasteiger partial charge in [0.15, 0.2) is 5.82 Å². The number of nitrogens with two attached hydrogens (primary N) is 1. The molecular formula is C12H12N6O. The van der Waals surface area contributed by atoms with Crippen LogP contribution in [-0.4, -0.2) is 26.7 Å². The maximum absolute atomic E-state index is 5.69. The first-order chi connectivity index (χ1) is 9.28. The number of hydrogen-bond acceptors (Lipinski definition) is 6. The van der Waals surface area contributed by atoms with E-state index in [9.17, 15) is 0 Å². The second-order valence-electron chi connectivity index (χ2n) is 3.88. The van der Waals surface area contributed by atoms with Gasteiger partial charge in [-0.25, -0.2) is 4.98 Å². The third kappa shape index (κ3) is 2.01. The number of anilines is 3. The summed E-state index contributed by atoms with van der Waals surface area (Å²) in [6, 6.07) is 7.51. The average molecular weight is 256 g/mol. The van der Waals surface area contributed by atoms with Crippen LogP contribution in [0, 0.1) is 0 Å². The number of fused-ring (bicyclic) bond motifs is 1. The first kappa shape index (κ1) is 11.3. The Hall–Kier alpha value is -2.83. The Labute approximate surface area is 109 Å². The van der Waals surface area contributed by atoms with E-state index in [1.165, 1.54) is 0 Å². The molecule has 0 bridgehead atoms. The molecule has 0 aliphatic carbocycles. The van der Waals surface area contributed by atoms with Crippen LogP contribution >= 0.6 is 0 Å². The quantitative estimate of drug-likeness (QED) is 0.737. The third-order valence-corrected chi connectivity index (χ3v) is 2.71. The summed E-state index contributed by atoms with van der Waals surface area (Å²) in [5.74, 6) is 1.72. The number of nitrogens with one attached hydrogen (secondary N) is 1. The van der Waals surface area contributed by atoms with Gasteiger partial charge in [-0.05, 0) is 24.3 Å². The molecule has 1 aromatic carbocycles. The molecular weight excluding hydrogens is 244 g/mol. The van der Waals surface area contributed by atoms with E-state index < -0.39 is 0 Å². The molecule has 0 atom stereocenters. The molecule has 0 spiro atoms. The van der Waals surface area contributed by atoms with Crippen LogP contribution in [0.5, 0.6) is 5.75 Å². The SMILES string of the molecule is COc1ccc(Nc2nccn3c(N)nnc23)cc1. The highest BCUT2D eigenvalue weighted by Gasteiger charge is 2.08. The normalized spacial score (nSPS) is 10.6. The van der Waals surface area contributed by atoms with Crippen molar-refractivity contribution in [2.75, 3.05) is 18.2 Å². The summed E-state index contributed by atoms with van der Waals surface area (Å²) >= 11 is 0. The van der Waals surface area contributed by atoms with E-state index in [4.69, 9.17) is 10.5 Å². The lowest BCUT2D eigenvalue weighted by Gasteiger charge is -2.07. The molecule has 7 nitrogen and oxygen atoms in total. The van der Waals surface area contributed by atoms with Gasteiger partial charge in [0.05, 0.1) is 7.11 Å². The minimum absolute atomic E-state index is 0.329. The van der Waals surface area contributed by atoms with Crippen LogP contribution in [0.3, 0.4) is 0 Å². The highest BCUT2D eigenvalue weighted by atomic mass is 16.5. The molecule has 0 saturated carbocycles. The molecule has 19 heavy (non-hydrogen) atoms.